The van der Waals surface area contributed by atoms with Crippen molar-refractivity contribution in [1.82, 2.24) is 9.88 Å². The third-order valence-electron chi connectivity index (χ3n) is 3.33. The summed E-state index contributed by atoms with van der Waals surface area (Å²) in [6, 6.07) is 7.92. The average Bonchev–Trinajstić information content (AvgIpc) is 3.05. The largest absolute Gasteiger partial charge is 0.373 e. The fraction of sp³-hybridized carbons (Fsp3) is 0.286. The van der Waals surface area contributed by atoms with E-state index in [4.69, 9.17) is 0 Å². The third-order valence-corrected chi connectivity index (χ3v) is 3.96. The maximum Gasteiger partial charge on any atom is 0.245 e. The molecule has 0 fully saturated rings. The molecule has 19 heavy (non-hydrogen) atoms. The predicted octanol–water partition coefficient (Wildman–Crippen LogP) is 2.14. The summed E-state index contributed by atoms with van der Waals surface area (Å²) in [6.45, 7) is 0.566. The van der Waals surface area contributed by atoms with Crippen molar-refractivity contribution < 1.29 is 4.79 Å². The van der Waals surface area contributed by atoms with E-state index >= 15 is 0 Å². The zero-order valence-corrected chi connectivity index (χ0v) is 11.5. The number of nitrogens with one attached hydrogen (secondary N) is 1. The first kappa shape index (κ1) is 12.2. The highest BCUT2D eigenvalue weighted by Crippen LogP contribution is 2.26. The zero-order chi connectivity index (χ0) is 13.2. The molecule has 2 aromatic rings. The van der Waals surface area contributed by atoms with Crippen LogP contribution >= 0.6 is 11.3 Å². The van der Waals surface area contributed by atoms with E-state index in [9.17, 15) is 4.79 Å². The summed E-state index contributed by atoms with van der Waals surface area (Å²) in [5, 5.41) is 5.26. The smallest absolute Gasteiger partial charge is 0.245 e. The summed E-state index contributed by atoms with van der Waals surface area (Å²) in [5.74, 6) is 0.115. The quantitative estimate of drug-likeness (QED) is 0.932. The molecule has 2 heterocycles. The van der Waals surface area contributed by atoms with Gasteiger partial charge in [-0.1, -0.05) is 18.2 Å². The minimum atomic E-state index is -0.152. The van der Waals surface area contributed by atoms with Crippen LogP contribution in [0.5, 0.6) is 0 Å². The normalized spacial score (nSPS) is 16.8. The average molecular weight is 273 g/mol. The fourth-order valence-electron chi connectivity index (χ4n) is 2.35. The molecule has 3 rings (SSSR count). The van der Waals surface area contributed by atoms with E-state index in [1.807, 2.05) is 30.6 Å². The summed E-state index contributed by atoms with van der Waals surface area (Å²) in [6.07, 6.45) is 0.760. The van der Waals surface area contributed by atoms with Gasteiger partial charge in [0.2, 0.25) is 5.91 Å². The van der Waals surface area contributed by atoms with E-state index in [1.165, 1.54) is 5.56 Å². The van der Waals surface area contributed by atoms with Crippen molar-refractivity contribution in [3.63, 3.8) is 0 Å². The number of para-hydroxylation sites is 1. The second-order valence-electron chi connectivity index (χ2n) is 4.73. The highest BCUT2D eigenvalue weighted by Gasteiger charge is 2.28. The molecule has 4 nitrogen and oxygen atoms in total. The Morgan fingerprint density at radius 2 is 2.37 bits per heavy atom. The fourth-order valence-corrected chi connectivity index (χ4v) is 2.90. The molecule has 98 valence electrons. The maximum absolute atomic E-state index is 12.4. The van der Waals surface area contributed by atoms with E-state index in [1.54, 1.807) is 21.7 Å². The Morgan fingerprint density at radius 3 is 3.11 bits per heavy atom. The van der Waals surface area contributed by atoms with Crippen molar-refractivity contribution >= 4 is 22.9 Å². The Balaban J connectivity index is 1.66. The molecule has 0 bridgehead atoms. The molecule has 1 aromatic heterocycles. The first-order chi connectivity index (χ1) is 9.24. The van der Waals surface area contributed by atoms with Gasteiger partial charge >= 0.3 is 0 Å². The molecule has 0 aliphatic carbocycles. The summed E-state index contributed by atoms with van der Waals surface area (Å²) in [7, 11) is 1.83. The Labute approximate surface area is 116 Å². The number of amides is 1. The van der Waals surface area contributed by atoms with Gasteiger partial charge in [-0.25, -0.2) is 4.98 Å². The number of thiazole rings is 1. The molecule has 1 aliphatic heterocycles. The Kier molecular flexibility index (Phi) is 3.21. The number of hydrogen-bond acceptors (Lipinski definition) is 4. The maximum atomic E-state index is 12.4. The van der Waals surface area contributed by atoms with E-state index in [-0.39, 0.29) is 11.9 Å². The first-order valence-corrected chi connectivity index (χ1v) is 7.15. The number of rotatable bonds is 3. The van der Waals surface area contributed by atoms with Crippen molar-refractivity contribution in [1.29, 1.82) is 0 Å². The van der Waals surface area contributed by atoms with Gasteiger partial charge in [0.1, 0.15) is 6.04 Å². The Hall–Kier alpha value is -1.88. The lowest BCUT2D eigenvalue weighted by atomic mass is 10.1. The van der Waals surface area contributed by atoms with Gasteiger partial charge < -0.3 is 10.2 Å². The molecule has 0 radical (unpaired) electrons. The Bertz CT molecular complexity index is 557. The second-order valence-corrected chi connectivity index (χ2v) is 5.45. The zero-order valence-electron chi connectivity index (χ0n) is 10.7. The summed E-state index contributed by atoms with van der Waals surface area (Å²) < 4.78 is 0. The summed E-state index contributed by atoms with van der Waals surface area (Å²) in [5.41, 5.74) is 5.01. The standard InChI is InChI=1S/C14H15N3OS/c1-17(7-11-8-19-9-15-11)14(18)13-6-10-4-2-3-5-12(10)16-13/h2-5,8-9,13,16H,6-7H2,1H3. The minimum Gasteiger partial charge on any atom is -0.373 e. The van der Waals surface area contributed by atoms with Crippen LogP contribution in [0.25, 0.3) is 0 Å². The molecule has 0 spiro atoms. The number of benzene rings is 1. The molecule has 5 heteroatoms. The number of carbonyl (C=O) groups is 1. The first-order valence-electron chi connectivity index (χ1n) is 6.20. The second kappa shape index (κ2) is 5.01. The van der Waals surface area contributed by atoms with Gasteiger partial charge in [0.05, 0.1) is 17.7 Å². The van der Waals surface area contributed by atoms with E-state index in [0.29, 0.717) is 6.54 Å². The van der Waals surface area contributed by atoms with E-state index in [2.05, 4.69) is 16.4 Å². The molecule has 1 aromatic carbocycles. The molecule has 1 aliphatic rings. The van der Waals surface area contributed by atoms with Crippen LogP contribution in [-0.2, 0) is 17.8 Å². The summed E-state index contributed by atoms with van der Waals surface area (Å²) in [4.78, 5) is 18.3. The van der Waals surface area contributed by atoms with Gasteiger partial charge in [-0.05, 0) is 11.6 Å². The minimum absolute atomic E-state index is 0.115. The van der Waals surface area contributed by atoms with Crippen LogP contribution < -0.4 is 5.32 Å². The van der Waals surface area contributed by atoms with Crippen LogP contribution in [-0.4, -0.2) is 28.9 Å². The SMILES string of the molecule is CN(Cc1cscn1)C(=O)C1Cc2ccccc2N1. The number of carbonyl (C=O) groups excluding carboxylic acids is 1. The van der Waals surface area contributed by atoms with Crippen molar-refractivity contribution in [3.05, 3.63) is 46.4 Å². The van der Waals surface area contributed by atoms with Crippen LogP contribution in [0.3, 0.4) is 0 Å². The molecule has 1 N–H and O–H groups in total. The molecule has 0 saturated carbocycles. The van der Waals surface area contributed by atoms with Gasteiger partial charge in [-0.3, -0.25) is 4.79 Å². The number of nitrogens with zero attached hydrogens (tertiary/aromatic N) is 2. The molecule has 1 unspecified atom stereocenters. The van der Waals surface area contributed by atoms with Gasteiger partial charge in [0.25, 0.3) is 0 Å². The number of likely N-dealkylation sites (N-methyl/N-ethyl adjacent to an activating group) is 1. The lowest BCUT2D eigenvalue weighted by molar-refractivity contribution is -0.131. The number of anilines is 1. The van der Waals surface area contributed by atoms with Gasteiger partial charge in [-0.15, -0.1) is 11.3 Å². The molecular weight excluding hydrogens is 258 g/mol. The highest BCUT2D eigenvalue weighted by molar-refractivity contribution is 7.07. The van der Waals surface area contributed by atoms with Crippen molar-refractivity contribution in [2.24, 2.45) is 0 Å². The van der Waals surface area contributed by atoms with Crippen molar-refractivity contribution in [2.75, 3.05) is 12.4 Å². The van der Waals surface area contributed by atoms with Crippen LogP contribution in [0.15, 0.2) is 35.2 Å². The van der Waals surface area contributed by atoms with Crippen LogP contribution in [0.2, 0.25) is 0 Å². The number of fused-ring (bicyclic) bond motifs is 1. The van der Waals surface area contributed by atoms with Crippen LogP contribution in [0, 0.1) is 0 Å². The van der Waals surface area contributed by atoms with Crippen LogP contribution in [0.1, 0.15) is 11.3 Å². The highest BCUT2D eigenvalue weighted by atomic mass is 32.1. The van der Waals surface area contributed by atoms with Gasteiger partial charge in [0, 0.05) is 24.5 Å². The number of hydrogen-bond donors (Lipinski definition) is 1. The van der Waals surface area contributed by atoms with Crippen molar-refractivity contribution in [2.45, 2.75) is 19.0 Å². The van der Waals surface area contributed by atoms with Crippen molar-refractivity contribution in [3.8, 4) is 0 Å². The molecule has 0 saturated heterocycles. The molecule has 1 atom stereocenters. The lowest BCUT2D eigenvalue weighted by Gasteiger charge is -2.20. The molecular formula is C14H15N3OS. The van der Waals surface area contributed by atoms with E-state index in [0.717, 1.165) is 17.8 Å². The van der Waals surface area contributed by atoms with E-state index < -0.39 is 0 Å². The van der Waals surface area contributed by atoms with Gasteiger partial charge in [0.15, 0.2) is 0 Å². The van der Waals surface area contributed by atoms with Crippen LogP contribution in [0.4, 0.5) is 5.69 Å². The lowest BCUT2D eigenvalue weighted by Crippen LogP contribution is -2.39. The molecule has 1 amide bonds. The predicted molar refractivity (Wildman–Crippen MR) is 76.1 cm³/mol. The monoisotopic (exact) mass is 273 g/mol. The summed E-state index contributed by atoms with van der Waals surface area (Å²) >= 11 is 1.55. The Morgan fingerprint density at radius 1 is 1.53 bits per heavy atom. The topological polar surface area (TPSA) is 45.2 Å². The number of aromatic nitrogens is 1. The third kappa shape index (κ3) is 2.46. The van der Waals surface area contributed by atoms with Gasteiger partial charge in [-0.2, -0.15) is 0 Å².